The molecule has 2 aliphatic rings. The Hall–Kier alpha value is -1.40. The third-order valence-corrected chi connectivity index (χ3v) is 4.88. The first kappa shape index (κ1) is 13.3. The number of fused-ring (bicyclic) bond motifs is 1. The number of nitrogens with zero attached hydrogens (tertiary/aromatic N) is 3. The molecule has 7 heteroatoms. The highest BCUT2D eigenvalue weighted by molar-refractivity contribution is 6.20. The van der Waals surface area contributed by atoms with Crippen LogP contribution in [0.2, 0.25) is 0 Å². The Balaban J connectivity index is 1.79. The maximum absolute atomic E-state index is 12.2. The average Bonchev–Trinajstić information content (AvgIpc) is 3.27. The van der Waals surface area contributed by atoms with Gasteiger partial charge >= 0.3 is 0 Å². The topological polar surface area (TPSA) is 72.8 Å². The minimum atomic E-state index is -0.208. The van der Waals surface area contributed by atoms with Crippen molar-refractivity contribution >= 4 is 22.6 Å². The molecule has 0 amide bonds. The Morgan fingerprint density at radius 2 is 2.10 bits per heavy atom. The van der Waals surface area contributed by atoms with Crippen LogP contribution in [0.15, 0.2) is 11.0 Å². The van der Waals surface area contributed by atoms with E-state index in [-0.39, 0.29) is 17.0 Å². The number of hydrogen-bond donors (Lipinski definition) is 1. The SMILES string of the molecule is O=c1[nH]c(C(Cl)C2CC2)nc2c1cnn2C1CCOCC1. The normalized spacial score (nSPS) is 21.8. The molecular formula is C14H17ClN4O2. The lowest BCUT2D eigenvalue weighted by atomic mass is 10.1. The maximum atomic E-state index is 12.2. The third-order valence-electron chi connectivity index (χ3n) is 4.32. The van der Waals surface area contributed by atoms with Gasteiger partial charge in [0.05, 0.1) is 17.6 Å². The van der Waals surface area contributed by atoms with Crippen LogP contribution in [0, 0.1) is 5.92 Å². The molecule has 3 heterocycles. The Morgan fingerprint density at radius 3 is 2.81 bits per heavy atom. The van der Waals surface area contributed by atoms with Crippen LogP contribution in [0.3, 0.4) is 0 Å². The molecule has 0 bridgehead atoms. The van der Waals surface area contributed by atoms with E-state index in [1.165, 1.54) is 0 Å². The molecule has 1 aliphatic carbocycles. The van der Waals surface area contributed by atoms with Gasteiger partial charge < -0.3 is 9.72 Å². The van der Waals surface area contributed by atoms with E-state index in [9.17, 15) is 4.79 Å². The van der Waals surface area contributed by atoms with E-state index in [2.05, 4.69) is 15.1 Å². The minimum Gasteiger partial charge on any atom is -0.381 e. The number of halogens is 1. The van der Waals surface area contributed by atoms with E-state index < -0.39 is 0 Å². The molecular weight excluding hydrogens is 292 g/mol. The third kappa shape index (κ3) is 2.36. The predicted molar refractivity (Wildman–Crippen MR) is 78.6 cm³/mol. The van der Waals surface area contributed by atoms with E-state index >= 15 is 0 Å². The van der Waals surface area contributed by atoms with Crippen molar-refractivity contribution in [3.8, 4) is 0 Å². The van der Waals surface area contributed by atoms with Crippen molar-refractivity contribution in [1.82, 2.24) is 19.7 Å². The molecule has 4 rings (SSSR count). The van der Waals surface area contributed by atoms with Crippen molar-refractivity contribution in [3.05, 3.63) is 22.4 Å². The molecule has 0 aromatic carbocycles. The van der Waals surface area contributed by atoms with Gasteiger partial charge in [0.15, 0.2) is 5.65 Å². The Bertz CT molecular complexity index is 715. The van der Waals surface area contributed by atoms with E-state index in [1.54, 1.807) is 6.20 Å². The van der Waals surface area contributed by atoms with Gasteiger partial charge in [-0.3, -0.25) is 4.79 Å². The number of hydrogen-bond acceptors (Lipinski definition) is 4. The summed E-state index contributed by atoms with van der Waals surface area (Å²) >= 11 is 6.40. The second kappa shape index (κ2) is 5.10. The smallest absolute Gasteiger partial charge is 0.262 e. The highest BCUT2D eigenvalue weighted by atomic mass is 35.5. The highest BCUT2D eigenvalue weighted by Crippen LogP contribution is 2.43. The number of H-pyrrole nitrogens is 1. The molecule has 112 valence electrons. The van der Waals surface area contributed by atoms with Gasteiger partial charge in [-0.05, 0) is 31.6 Å². The number of nitrogens with one attached hydrogen (secondary N) is 1. The second-order valence-electron chi connectivity index (χ2n) is 5.86. The van der Waals surface area contributed by atoms with Crippen LogP contribution in [0.25, 0.3) is 11.0 Å². The molecule has 1 saturated heterocycles. The van der Waals surface area contributed by atoms with Gasteiger partial charge in [-0.25, -0.2) is 9.67 Å². The van der Waals surface area contributed by atoms with Crippen LogP contribution >= 0.6 is 11.6 Å². The number of alkyl halides is 1. The Labute approximate surface area is 126 Å². The quantitative estimate of drug-likeness (QED) is 0.882. The van der Waals surface area contributed by atoms with Gasteiger partial charge in [-0.1, -0.05) is 0 Å². The summed E-state index contributed by atoms with van der Waals surface area (Å²) in [5, 5.41) is 4.70. The van der Waals surface area contributed by atoms with Crippen LogP contribution in [-0.4, -0.2) is 33.0 Å². The zero-order chi connectivity index (χ0) is 14.4. The molecule has 0 spiro atoms. The molecule has 2 aromatic rings. The largest absolute Gasteiger partial charge is 0.381 e. The first-order valence-electron chi connectivity index (χ1n) is 7.43. The van der Waals surface area contributed by atoms with Crippen LogP contribution in [0.4, 0.5) is 0 Å². The van der Waals surface area contributed by atoms with Crippen LogP contribution in [0.1, 0.15) is 42.9 Å². The summed E-state index contributed by atoms with van der Waals surface area (Å²) in [5.41, 5.74) is 0.492. The molecule has 0 radical (unpaired) electrons. The summed E-state index contributed by atoms with van der Waals surface area (Å²) < 4.78 is 7.25. The second-order valence-corrected chi connectivity index (χ2v) is 6.33. The lowest BCUT2D eigenvalue weighted by Gasteiger charge is -2.22. The van der Waals surface area contributed by atoms with Crippen molar-refractivity contribution in [1.29, 1.82) is 0 Å². The average molecular weight is 309 g/mol. The van der Waals surface area contributed by atoms with E-state index in [1.807, 2.05) is 4.68 Å². The van der Waals surface area contributed by atoms with Gasteiger partial charge in [-0.2, -0.15) is 5.10 Å². The van der Waals surface area contributed by atoms with Gasteiger partial charge in [0.2, 0.25) is 0 Å². The first-order valence-corrected chi connectivity index (χ1v) is 7.87. The van der Waals surface area contributed by atoms with Crippen LogP contribution < -0.4 is 5.56 Å². The van der Waals surface area contributed by atoms with Crippen LogP contribution in [0.5, 0.6) is 0 Å². The molecule has 21 heavy (non-hydrogen) atoms. The van der Waals surface area contributed by atoms with E-state index in [0.717, 1.165) is 38.9 Å². The monoisotopic (exact) mass is 308 g/mol. The summed E-state index contributed by atoms with van der Waals surface area (Å²) in [4.78, 5) is 19.6. The van der Waals surface area contributed by atoms with Crippen molar-refractivity contribution in [2.45, 2.75) is 37.1 Å². The zero-order valence-electron chi connectivity index (χ0n) is 11.6. The number of rotatable bonds is 3. The van der Waals surface area contributed by atoms with Crippen molar-refractivity contribution < 1.29 is 4.74 Å². The van der Waals surface area contributed by atoms with Gasteiger partial charge in [-0.15, -0.1) is 11.6 Å². The summed E-state index contributed by atoms with van der Waals surface area (Å²) in [7, 11) is 0. The van der Waals surface area contributed by atoms with Crippen molar-refractivity contribution in [2.24, 2.45) is 5.92 Å². The van der Waals surface area contributed by atoms with E-state index in [0.29, 0.717) is 22.8 Å². The van der Waals surface area contributed by atoms with Crippen molar-refractivity contribution in [2.75, 3.05) is 13.2 Å². The summed E-state index contributed by atoms with van der Waals surface area (Å²) in [6.07, 6.45) is 5.60. The molecule has 6 nitrogen and oxygen atoms in total. The summed E-state index contributed by atoms with van der Waals surface area (Å²) in [6, 6.07) is 0.244. The molecule has 1 unspecified atom stereocenters. The lowest BCUT2D eigenvalue weighted by molar-refractivity contribution is 0.0673. The van der Waals surface area contributed by atoms with Crippen LogP contribution in [-0.2, 0) is 4.74 Å². The Kier molecular flexibility index (Phi) is 3.23. The fourth-order valence-corrected chi connectivity index (χ4v) is 3.25. The van der Waals surface area contributed by atoms with Crippen molar-refractivity contribution in [3.63, 3.8) is 0 Å². The number of aromatic nitrogens is 4. The predicted octanol–water partition coefficient (Wildman–Crippen LogP) is 2.16. The zero-order valence-corrected chi connectivity index (χ0v) is 12.3. The van der Waals surface area contributed by atoms with E-state index in [4.69, 9.17) is 16.3 Å². The lowest BCUT2D eigenvalue weighted by Crippen LogP contribution is -2.22. The molecule has 2 fully saturated rings. The molecule has 2 aromatic heterocycles. The van der Waals surface area contributed by atoms with Gasteiger partial charge in [0.1, 0.15) is 11.2 Å². The number of ether oxygens (including phenoxy) is 1. The first-order chi connectivity index (χ1) is 10.2. The maximum Gasteiger partial charge on any atom is 0.262 e. The fraction of sp³-hybridized carbons (Fsp3) is 0.643. The van der Waals surface area contributed by atoms with Gasteiger partial charge in [0.25, 0.3) is 5.56 Å². The van der Waals surface area contributed by atoms with Gasteiger partial charge in [0, 0.05) is 13.2 Å². The fourth-order valence-electron chi connectivity index (χ4n) is 2.89. The summed E-state index contributed by atoms with van der Waals surface area (Å²) in [6.45, 7) is 1.45. The summed E-state index contributed by atoms with van der Waals surface area (Å²) in [5.74, 6) is 1.01. The molecule has 1 saturated carbocycles. The number of aromatic amines is 1. The molecule has 1 N–H and O–H groups in total. The Morgan fingerprint density at radius 1 is 1.33 bits per heavy atom. The molecule has 1 aliphatic heterocycles. The highest BCUT2D eigenvalue weighted by Gasteiger charge is 2.33. The molecule has 1 atom stereocenters. The minimum absolute atomic E-state index is 0.153. The standard InChI is InChI=1S/C14H17ClN4O2/c15-11(8-1-2-8)12-17-13-10(14(20)18-12)7-16-19(13)9-3-5-21-6-4-9/h7-9,11H,1-6H2,(H,17,18,20).